The van der Waals surface area contributed by atoms with Crippen molar-refractivity contribution in [2.75, 3.05) is 0 Å². The molecule has 0 saturated heterocycles. The summed E-state index contributed by atoms with van der Waals surface area (Å²) >= 11 is 0. The Morgan fingerprint density at radius 3 is 0.444 bits per heavy atom. The van der Waals surface area contributed by atoms with Crippen LogP contribution in [0.1, 0.15) is 0 Å². The molecular weight excluding hydrogens is 605 g/mol. The van der Waals surface area contributed by atoms with Crippen LogP contribution in [0.15, 0.2) is 0 Å². The summed E-state index contributed by atoms with van der Waals surface area (Å²) in [5, 5.41) is 0. The molecule has 110 valence electrons. The van der Waals surface area contributed by atoms with Crippen molar-refractivity contribution in [2.24, 2.45) is 0 Å². The van der Waals surface area contributed by atoms with Gasteiger partial charge in [-0.15, -0.1) is 0 Å². The molecule has 18 heavy (non-hydrogen) atoms. The fourth-order valence-electron chi connectivity index (χ4n) is 0. The van der Waals surface area contributed by atoms with E-state index in [4.69, 9.17) is 52.6 Å². The molecule has 0 aliphatic carbocycles. The molecule has 0 bridgehead atoms. The first kappa shape index (κ1) is 37.0. The molecule has 0 amide bonds. The Morgan fingerprint density at radius 2 is 0.444 bits per heavy atom. The first-order valence-corrected chi connectivity index (χ1v) is 6.00. The van der Waals surface area contributed by atoms with Crippen LogP contribution in [0.5, 0.6) is 0 Å². The van der Waals surface area contributed by atoms with Gasteiger partial charge in [0.15, 0.2) is 0 Å². The molecule has 18 heteroatoms. The van der Waals surface area contributed by atoms with Gasteiger partial charge in [-0.1, -0.05) is 0 Å². The predicted molar refractivity (Wildman–Crippen MR) is 35.0 cm³/mol. The molecule has 0 atom stereocenters. The molecule has 0 saturated carbocycles. The van der Waals surface area contributed by atoms with Crippen LogP contribution in [0.25, 0.3) is 0 Å². The van der Waals surface area contributed by atoms with E-state index < -0.39 is 31.2 Å². The van der Waals surface area contributed by atoms with E-state index in [0.29, 0.717) is 0 Å². The third-order valence-electron chi connectivity index (χ3n) is 0. The van der Waals surface area contributed by atoms with Crippen LogP contribution in [0.4, 0.5) is 0 Å². The van der Waals surface area contributed by atoms with E-state index in [1.165, 1.54) is 0 Å². The van der Waals surface area contributed by atoms with Crippen molar-refractivity contribution < 1.29 is 139 Å². The Kier molecular flexibility index (Phi) is 32.1. The van der Waals surface area contributed by atoms with Crippen LogP contribution >= 0.6 is 0 Å². The van der Waals surface area contributed by atoms with E-state index in [1.807, 2.05) is 0 Å². The van der Waals surface area contributed by atoms with E-state index in [2.05, 4.69) is 0 Å². The van der Waals surface area contributed by atoms with Gasteiger partial charge in [-0.3, -0.25) is 25.3 Å². The first-order valence-electron chi connectivity index (χ1n) is 2.00. The second-order valence-electron chi connectivity index (χ2n) is 1.22. The fraction of sp³-hybridized carbons (Fsp3) is 0. The molecule has 13 nitrogen and oxygen atoms in total. The second-order valence-corrected chi connectivity index (χ2v) is 3.67. The summed E-state index contributed by atoms with van der Waals surface area (Å²) in [5.41, 5.74) is 0. The third-order valence-corrected chi connectivity index (χ3v) is 0. The van der Waals surface area contributed by atoms with Crippen molar-refractivity contribution >= 4 is 31.2 Å². The van der Waals surface area contributed by atoms with E-state index in [9.17, 15) is 0 Å². The van der Waals surface area contributed by atoms with Crippen molar-refractivity contribution in [1.82, 2.24) is 0 Å². The predicted octanol–water partition coefficient (Wildman–Crippen LogP) is -4.84. The molecule has 0 aromatic carbocycles. The molecule has 0 fully saturated rings. The standard InChI is InChI=1S/3H2O4S.H2O.2Sm/c3*1-5(2,3)4;;;/h3*(H2,1,2,3,4);1H2;;/q;;;;2*+3/p-6. The Morgan fingerprint density at radius 1 is 0.444 bits per heavy atom. The van der Waals surface area contributed by atoms with Gasteiger partial charge in [0, 0.05) is 31.2 Å². The maximum absolute atomic E-state index is 8.52. The van der Waals surface area contributed by atoms with Gasteiger partial charge in [0.25, 0.3) is 0 Å². The molecule has 0 rings (SSSR count). The van der Waals surface area contributed by atoms with Gasteiger partial charge in [-0.25, -0.2) is 0 Å². The molecule has 0 heterocycles. The number of hydrogen-bond donors (Lipinski definition) is 0. The number of hydrogen-bond acceptors (Lipinski definition) is 12. The Bertz CT molecular complexity index is 341. The minimum Gasteiger partial charge on any atom is -0.759 e. The maximum Gasteiger partial charge on any atom is 3.00 e. The van der Waals surface area contributed by atoms with Crippen molar-refractivity contribution in [2.45, 2.75) is 0 Å². The van der Waals surface area contributed by atoms with Crippen molar-refractivity contribution in [3.8, 4) is 0 Å². The maximum atomic E-state index is 8.52. The van der Waals surface area contributed by atoms with Gasteiger partial charge in [0.05, 0.1) is 0 Å². The Balaban J connectivity index is -0.0000000277. The first-order chi connectivity index (χ1) is 6.00. The normalized spacial score (nSPS) is 9.67. The van der Waals surface area contributed by atoms with Crippen LogP contribution in [0.2, 0.25) is 0 Å². The van der Waals surface area contributed by atoms with E-state index in [0.717, 1.165) is 0 Å². The zero-order valence-electron chi connectivity index (χ0n) is 7.44. The summed E-state index contributed by atoms with van der Waals surface area (Å²) < 4.78 is 102. The Labute approximate surface area is 167 Å². The average molecular weight is 607 g/mol. The van der Waals surface area contributed by atoms with E-state index in [-0.39, 0.29) is 86.3 Å². The van der Waals surface area contributed by atoms with Gasteiger partial charge in [0.1, 0.15) is 0 Å². The van der Waals surface area contributed by atoms with E-state index in [1.54, 1.807) is 0 Å². The van der Waals surface area contributed by atoms with Gasteiger partial charge >= 0.3 is 80.8 Å². The topological polar surface area (TPSA) is 272 Å². The van der Waals surface area contributed by atoms with Crippen LogP contribution in [0.3, 0.4) is 0 Å². The monoisotopic (exact) mass is 610 g/mol. The average Bonchev–Trinajstić information content (AvgIpc) is 1.41. The largest absolute Gasteiger partial charge is 3.00 e. The van der Waals surface area contributed by atoms with Crippen LogP contribution < -0.4 is 0 Å². The molecule has 0 aromatic heterocycles. The third kappa shape index (κ3) is 1080. The van der Waals surface area contributed by atoms with Crippen molar-refractivity contribution in [3.05, 3.63) is 0 Å². The summed E-state index contributed by atoms with van der Waals surface area (Å²) in [6.07, 6.45) is 0. The van der Waals surface area contributed by atoms with Gasteiger partial charge in [-0.2, -0.15) is 0 Å². The molecule has 0 spiro atoms. The molecule has 0 unspecified atom stereocenters. The second kappa shape index (κ2) is 15.6. The SMILES string of the molecule is O.O=S(=O)([O-])[O-].O=S(=O)([O-])[O-].O=S(=O)([O-])[O-].[Sm+3].[Sm+3]. The molecule has 0 aromatic rings. The molecular formula is H2O13S3Sm2. The zero-order chi connectivity index (χ0) is 13.5. The fourth-order valence-corrected chi connectivity index (χ4v) is 0. The van der Waals surface area contributed by atoms with Gasteiger partial charge in [-0.05, 0) is 0 Å². The Hall–Kier alpha value is 2.25. The molecule has 2 radical (unpaired) electrons. The summed E-state index contributed by atoms with van der Waals surface area (Å²) in [6, 6.07) is 0. The van der Waals surface area contributed by atoms with Gasteiger partial charge < -0.3 is 32.8 Å². The van der Waals surface area contributed by atoms with Crippen molar-refractivity contribution in [1.29, 1.82) is 0 Å². The van der Waals surface area contributed by atoms with Crippen LogP contribution in [-0.4, -0.2) is 58.0 Å². The summed E-state index contributed by atoms with van der Waals surface area (Å²) in [7, 11) is -15.5. The minimum atomic E-state index is -5.17. The van der Waals surface area contributed by atoms with Crippen LogP contribution in [0, 0.1) is 80.8 Å². The molecule has 0 aliphatic rings. The van der Waals surface area contributed by atoms with E-state index >= 15 is 0 Å². The number of rotatable bonds is 0. The summed E-state index contributed by atoms with van der Waals surface area (Å²) in [4.78, 5) is 0. The van der Waals surface area contributed by atoms with Gasteiger partial charge in [0.2, 0.25) is 0 Å². The summed E-state index contributed by atoms with van der Waals surface area (Å²) in [6.45, 7) is 0. The van der Waals surface area contributed by atoms with Crippen LogP contribution in [-0.2, 0) is 31.2 Å². The summed E-state index contributed by atoms with van der Waals surface area (Å²) in [5.74, 6) is 0. The molecule has 2 N–H and O–H groups in total. The quantitative estimate of drug-likeness (QED) is 0.185. The van der Waals surface area contributed by atoms with Crippen molar-refractivity contribution in [3.63, 3.8) is 0 Å². The molecule has 0 aliphatic heterocycles. The zero-order valence-corrected chi connectivity index (χ0v) is 15.1. The minimum absolute atomic E-state index is 0. The smallest absolute Gasteiger partial charge is 0.759 e.